The highest BCUT2D eigenvalue weighted by atomic mass is 16.3. The number of hydrogen-bond acceptors (Lipinski definition) is 6. The van der Waals surface area contributed by atoms with E-state index in [0.717, 1.165) is 6.54 Å². The van der Waals surface area contributed by atoms with E-state index < -0.39 is 6.10 Å². The molecule has 0 spiro atoms. The Balaban J connectivity index is 1.68. The predicted octanol–water partition coefficient (Wildman–Crippen LogP) is -0.00880. The van der Waals surface area contributed by atoms with E-state index >= 15 is 0 Å². The standard InChI is InChI=1S/C15H17N5O2/c21-13-9-16-6-4-11(13)20-15(22)10-7-18-14(19-8-10)12-3-1-2-5-17-12/h1-3,5,7-8,11,13,16,21H,4,6,9H2,(H,20,22)/t11-,13-/m1/s1. The molecular weight excluding hydrogens is 282 g/mol. The maximum Gasteiger partial charge on any atom is 0.254 e. The maximum absolute atomic E-state index is 12.2. The molecule has 0 unspecified atom stereocenters. The van der Waals surface area contributed by atoms with Crippen molar-refractivity contribution in [2.24, 2.45) is 0 Å². The lowest BCUT2D eigenvalue weighted by Gasteiger charge is -2.28. The number of aromatic nitrogens is 3. The summed E-state index contributed by atoms with van der Waals surface area (Å²) >= 11 is 0. The highest BCUT2D eigenvalue weighted by Crippen LogP contribution is 2.11. The van der Waals surface area contributed by atoms with Gasteiger partial charge >= 0.3 is 0 Å². The lowest BCUT2D eigenvalue weighted by Crippen LogP contribution is -2.52. The van der Waals surface area contributed by atoms with Crippen LogP contribution in [0.25, 0.3) is 11.5 Å². The van der Waals surface area contributed by atoms with E-state index in [1.54, 1.807) is 12.3 Å². The van der Waals surface area contributed by atoms with Gasteiger partial charge < -0.3 is 15.7 Å². The molecule has 22 heavy (non-hydrogen) atoms. The summed E-state index contributed by atoms with van der Waals surface area (Å²) in [5.74, 6) is 0.192. The minimum atomic E-state index is -0.577. The number of pyridine rings is 1. The third kappa shape index (κ3) is 3.26. The summed E-state index contributed by atoms with van der Waals surface area (Å²) in [7, 11) is 0. The first-order valence-corrected chi connectivity index (χ1v) is 7.17. The summed E-state index contributed by atoms with van der Waals surface area (Å²) in [6.07, 6.45) is 4.73. The Morgan fingerprint density at radius 2 is 2.09 bits per heavy atom. The highest BCUT2D eigenvalue weighted by Gasteiger charge is 2.24. The Bertz CT molecular complexity index is 632. The number of carbonyl (C=O) groups excluding carboxylic acids is 1. The number of rotatable bonds is 3. The Morgan fingerprint density at radius 1 is 1.27 bits per heavy atom. The predicted molar refractivity (Wildman–Crippen MR) is 80.0 cm³/mol. The number of piperidine rings is 1. The van der Waals surface area contributed by atoms with Crippen molar-refractivity contribution in [1.82, 2.24) is 25.6 Å². The second-order valence-electron chi connectivity index (χ2n) is 5.15. The van der Waals surface area contributed by atoms with Crippen LogP contribution in [0.1, 0.15) is 16.8 Å². The smallest absolute Gasteiger partial charge is 0.254 e. The molecule has 2 aromatic rings. The molecule has 0 aromatic carbocycles. The van der Waals surface area contributed by atoms with Crippen molar-refractivity contribution >= 4 is 5.91 Å². The molecule has 1 fully saturated rings. The lowest BCUT2D eigenvalue weighted by molar-refractivity contribution is 0.0765. The Hall–Kier alpha value is -2.38. The monoisotopic (exact) mass is 299 g/mol. The van der Waals surface area contributed by atoms with Crippen LogP contribution in [0.5, 0.6) is 0 Å². The highest BCUT2D eigenvalue weighted by molar-refractivity contribution is 5.93. The van der Waals surface area contributed by atoms with Gasteiger partial charge in [-0.3, -0.25) is 9.78 Å². The van der Waals surface area contributed by atoms with Crippen LogP contribution >= 0.6 is 0 Å². The van der Waals surface area contributed by atoms with Crippen molar-refractivity contribution in [2.75, 3.05) is 13.1 Å². The second-order valence-corrected chi connectivity index (χ2v) is 5.15. The van der Waals surface area contributed by atoms with Gasteiger partial charge in [0.05, 0.1) is 17.7 Å². The summed E-state index contributed by atoms with van der Waals surface area (Å²) in [5, 5.41) is 15.7. The molecule has 7 heteroatoms. The number of aliphatic hydroxyl groups is 1. The number of nitrogens with zero attached hydrogens (tertiary/aromatic N) is 3. The summed E-state index contributed by atoms with van der Waals surface area (Å²) in [6, 6.07) is 5.23. The maximum atomic E-state index is 12.2. The third-order valence-corrected chi connectivity index (χ3v) is 3.57. The van der Waals surface area contributed by atoms with E-state index in [2.05, 4.69) is 25.6 Å². The molecule has 2 aromatic heterocycles. The molecule has 1 aliphatic heterocycles. The van der Waals surface area contributed by atoms with E-state index in [1.165, 1.54) is 12.4 Å². The van der Waals surface area contributed by atoms with Crippen molar-refractivity contribution in [3.8, 4) is 11.5 Å². The lowest BCUT2D eigenvalue weighted by atomic mass is 10.0. The Morgan fingerprint density at radius 3 is 2.77 bits per heavy atom. The summed E-state index contributed by atoms with van der Waals surface area (Å²) < 4.78 is 0. The van der Waals surface area contributed by atoms with Crippen LogP contribution in [0.3, 0.4) is 0 Å². The van der Waals surface area contributed by atoms with E-state index in [1.807, 2.05) is 12.1 Å². The molecule has 7 nitrogen and oxygen atoms in total. The van der Waals surface area contributed by atoms with Gasteiger partial charge in [0, 0.05) is 25.1 Å². The van der Waals surface area contributed by atoms with Crippen molar-refractivity contribution in [3.63, 3.8) is 0 Å². The molecule has 3 rings (SSSR count). The van der Waals surface area contributed by atoms with E-state index in [9.17, 15) is 9.90 Å². The first-order valence-electron chi connectivity index (χ1n) is 7.17. The SMILES string of the molecule is O=C(N[C@@H]1CCNC[C@H]1O)c1cnc(-c2ccccn2)nc1. The van der Waals surface area contributed by atoms with E-state index in [-0.39, 0.29) is 11.9 Å². The van der Waals surface area contributed by atoms with Gasteiger partial charge in [-0.25, -0.2) is 9.97 Å². The molecule has 1 saturated heterocycles. The van der Waals surface area contributed by atoms with Gasteiger partial charge in [-0.15, -0.1) is 0 Å². The molecule has 0 aliphatic carbocycles. The summed E-state index contributed by atoms with van der Waals surface area (Å²) in [4.78, 5) is 24.7. The van der Waals surface area contributed by atoms with Crippen molar-refractivity contribution in [1.29, 1.82) is 0 Å². The zero-order chi connectivity index (χ0) is 15.4. The topological polar surface area (TPSA) is 100 Å². The van der Waals surface area contributed by atoms with Gasteiger partial charge in [-0.2, -0.15) is 0 Å². The van der Waals surface area contributed by atoms with Crippen LogP contribution in [0.2, 0.25) is 0 Å². The van der Waals surface area contributed by atoms with Gasteiger partial charge in [0.15, 0.2) is 5.82 Å². The molecule has 3 heterocycles. The van der Waals surface area contributed by atoms with Gasteiger partial charge in [-0.05, 0) is 25.1 Å². The van der Waals surface area contributed by atoms with Crippen LogP contribution in [0.15, 0.2) is 36.8 Å². The molecule has 2 atom stereocenters. The van der Waals surface area contributed by atoms with Crippen LogP contribution in [0.4, 0.5) is 0 Å². The van der Waals surface area contributed by atoms with E-state index in [0.29, 0.717) is 30.0 Å². The Labute approximate surface area is 127 Å². The quantitative estimate of drug-likeness (QED) is 0.737. The van der Waals surface area contributed by atoms with Crippen LogP contribution in [-0.2, 0) is 0 Å². The molecule has 1 amide bonds. The van der Waals surface area contributed by atoms with Crippen molar-refractivity contribution in [3.05, 3.63) is 42.4 Å². The number of nitrogens with one attached hydrogen (secondary N) is 2. The fourth-order valence-corrected chi connectivity index (χ4v) is 2.33. The van der Waals surface area contributed by atoms with Gasteiger partial charge in [0.1, 0.15) is 5.69 Å². The van der Waals surface area contributed by atoms with E-state index in [4.69, 9.17) is 0 Å². The summed E-state index contributed by atoms with van der Waals surface area (Å²) in [6.45, 7) is 1.26. The number of hydrogen-bond donors (Lipinski definition) is 3. The minimum absolute atomic E-state index is 0.246. The van der Waals surface area contributed by atoms with Crippen LogP contribution < -0.4 is 10.6 Å². The summed E-state index contributed by atoms with van der Waals surface area (Å²) in [5.41, 5.74) is 1.02. The molecule has 114 valence electrons. The zero-order valence-electron chi connectivity index (χ0n) is 11.9. The van der Waals surface area contributed by atoms with Gasteiger partial charge in [0.25, 0.3) is 5.91 Å². The number of carbonyl (C=O) groups is 1. The number of aliphatic hydroxyl groups excluding tert-OH is 1. The van der Waals surface area contributed by atoms with Crippen LogP contribution in [-0.4, -0.2) is 51.2 Å². The van der Waals surface area contributed by atoms with Crippen molar-refractivity contribution < 1.29 is 9.90 Å². The molecule has 0 saturated carbocycles. The average Bonchev–Trinajstić information content (AvgIpc) is 2.58. The third-order valence-electron chi connectivity index (χ3n) is 3.57. The molecule has 0 radical (unpaired) electrons. The van der Waals surface area contributed by atoms with Crippen molar-refractivity contribution in [2.45, 2.75) is 18.6 Å². The average molecular weight is 299 g/mol. The fraction of sp³-hybridized carbons (Fsp3) is 0.333. The van der Waals surface area contributed by atoms with Crippen LogP contribution in [0, 0.1) is 0 Å². The number of β-amino-alcohol motifs (C(OH)–C–C–N with tert-alkyl or cyclic N) is 1. The first kappa shape index (κ1) is 14.6. The normalized spacial score (nSPS) is 21.3. The minimum Gasteiger partial charge on any atom is -0.390 e. The zero-order valence-corrected chi connectivity index (χ0v) is 11.9. The number of amides is 1. The Kier molecular flexibility index (Phi) is 4.36. The molecular formula is C15H17N5O2. The fourth-order valence-electron chi connectivity index (χ4n) is 2.33. The second kappa shape index (κ2) is 6.59. The molecule has 0 bridgehead atoms. The van der Waals surface area contributed by atoms with Gasteiger partial charge in [0.2, 0.25) is 0 Å². The first-order chi connectivity index (χ1) is 10.7. The van der Waals surface area contributed by atoms with Gasteiger partial charge in [-0.1, -0.05) is 6.07 Å². The largest absolute Gasteiger partial charge is 0.390 e. The molecule has 1 aliphatic rings. The molecule has 3 N–H and O–H groups in total.